The molecule has 2 nitrogen and oxygen atoms in total. The SMILES string of the molecule is CC.CC.CC1CNC=CN1. The third-order valence-electron chi connectivity index (χ3n) is 1.01. The van der Waals surface area contributed by atoms with E-state index in [1.54, 1.807) is 0 Å². The first-order valence-electron chi connectivity index (χ1n) is 4.54. The highest BCUT2D eigenvalue weighted by atomic mass is 15.0. The van der Waals surface area contributed by atoms with Crippen LogP contribution in [0.3, 0.4) is 0 Å². The van der Waals surface area contributed by atoms with Crippen molar-refractivity contribution >= 4 is 0 Å². The Morgan fingerprint density at radius 3 is 1.82 bits per heavy atom. The van der Waals surface area contributed by atoms with Crippen LogP contribution in [0.4, 0.5) is 0 Å². The van der Waals surface area contributed by atoms with Gasteiger partial charge in [0.25, 0.3) is 0 Å². The molecule has 2 N–H and O–H groups in total. The molecule has 1 aliphatic rings. The summed E-state index contributed by atoms with van der Waals surface area (Å²) in [7, 11) is 0. The zero-order valence-electron chi connectivity index (χ0n) is 8.44. The molecule has 0 radical (unpaired) electrons. The molecule has 11 heavy (non-hydrogen) atoms. The van der Waals surface area contributed by atoms with Crippen LogP contribution in [0.2, 0.25) is 0 Å². The molecule has 68 valence electrons. The molecule has 2 heteroatoms. The Hall–Kier alpha value is -0.660. The van der Waals surface area contributed by atoms with Crippen LogP contribution < -0.4 is 10.6 Å². The average Bonchev–Trinajstić information content (AvgIpc) is 2.13. The van der Waals surface area contributed by atoms with Crippen molar-refractivity contribution in [3.63, 3.8) is 0 Å². The van der Waals surface area contributed by atoms with Gasteiger partial charge in [-0.15, -0.1) is 0 Å². The molecule has 0 saturated heterocycles. The smallest absolute Gasteiger partial charge is 0.0400 e. The standard InChI is InChI=1S/C5H10N2.2C2H6/c1-5-4-6-2-3-7-5;2*1-2/h2-3,5-7H,4H2,1H3;2*1-2H3. The van der Waals surface area contributed by atoms with E-state index >= 15 is 0 Å². The quantitative estimate of drug-likeness (QED) is 0.564. The van der Waals surface area contributed by atoms with Crippen molar-refractivity contribution in [2.45, 2.75) is 40.7 Å². The van der Waals surface area contributed by atoms with Crippen LogP contribution in [0.25, 0.3) is 0 Å². The largest absolute Gasteiger partial charge is 0.388 e. The fourth-order valence-electron chi connectivity index (χ4n) is 0.575. The first kappa shape index (κ1) is 13.0. The van der Waals surface area contributed by atoms with Gasteiger partial charge in [0.15, 0.2) is 0 Å². The van der Waals surface area contributed by atoms with Crippen molar-refractivity contribution in [2.75, 3.05) is 6.54 Å². The molecule has 0 saturated carbocycles. The van der Waals surface area contributed by atoms with E-state index in [4.69, 9.17) is 0 Å². The molecule has 1 unspecified atom stereocenters. The van der Waals surface area contributed by atoms with Crippen molar-refractivity contribution in [3.8, 4) is 0 Å². The Morgan fingerprint density at radius 2 is 1.64 bits per heavy atom. The third-order valence-corrected chi connectivity index (χ3v) is 1.01. The Bertz CT molecular complexity index is 79.6. The lowest BCUT2D eigenvalue weighted by molar-refractivity contribution is 0.578. The minimum atomic E-state index is 0.588. The summed E-state index contributed by atoms with van der Waals surface area (Å²) in [5, 5.41) is 6.23. The van der Waals surface area contributed by atoms with Crippen LogP contribution in [0.5, 0.6) is 0 Å². The van der Waals surface area contributed by atoms with Gasteiger partial charge < -0.3 is 10.6 Å². The molecule has 0 aromatic carbocycles. The van der Waals surface area contributed by atoms with E-state index in [0.717, 1.165) is 6.54 Å². The zero-order valence-corrected chi connectivity index (χ0v) is 8.44. The third kappa shape index (κ3) is 9.34. The fraction of sp³-hybridized carbons (Fsp3) is 0.778. The van der Waals surface area contributed by atoms with Gasteiger partial charge in [-0.25, -0.2) is 0 Å². The van der Waals surface area contributed by atoms with Crippen molar-refractivity contribution in [3.05, 3.63) is 12.4 Å². The second-order valence-corrected chi connectivity index (χ2v) is 1.81. The van der Waals surface area contributed by atoms with E-state index in [-0.39, 0.29) is 0 Å². The molecule has 0 aliphatic carbocycles. The van der Waals surface area contributed by atoms with Crippen molar-refractivity contribution < 1.29 is 0 Å². The summed E-state index contributed by atoms with van der Waals surface area (Å²) < 4.78 is 0. The van der Waals surface area contributed by atoms with E-state index in [9.17, 15) is 0 Å². The lowest BCUT2D eigenvalue weighted by atomic mass is 10.3. The second kappa shape index (κ2) is 12.1. The minimum absolute atomic E-state index is 0.588. The van der Waals surface area contributed by atoms with Crippen molar-refractivity contribution in [2.24, 2.45) is 0 Å². The number of nitrogens with one attached hydrogen (secondary N) is 2. The molecule has 0 aromatic heterocycles. The van der Waals surface area contributed by atoms with Crippen LogP contribution >= 0.6 is 0 Å². The lowest BCUT2D eigenvalue weighted by Crippen LogP contribution is -2.35. The number of hydrogen-bond acceptors (Lipinski definition) is 2. The summed E-state index contributed by atoms with van der Waals surface area (Å²) in [6.45, 7) is 11.2. The minimum Gasteiger partial charge on any atom is -0.388 e. The van der Waals surface area contributed by atoms with Gasteiger partial charge >= 0.3 is 0 Å². The van der Waals surface area contributed by atoms with Crippen LogP contribution in [-0.4, -0.2) is 12.6 Å². The van der Waals surface area contributed by atoms with E-state index in [2.05, 4.69) is 17.6 Å². The van der Waals surface area contributed by atoms with Gasteiger partial charge in [0.2, 0.25) is 0 Å². The number of rotatable bonds is 0. The highest BCUT2D eigenvalue weighted by Crippen LogP contribution is 1.82. The predicted molar refractivity (Wildman–Crippen MR) is 52.4 cm³/mol. The van der Waals surface area contributed by atoms with Gasteiger partial charge in [-0.3, -0.25) is 0 Å². The molecule has 1 atom stereocenters. The first-order valence-corrected chi connectivity index (χ1v) is 4.54. The summed E-state index contributed by atoms with van der Waals surface area (Å²) >= 11 is 0. The molecule has 0 spiro atoms. The van der Waals surface area contributed by atoms with Gasteiger partial charge in [0, 0.05) is 25.0 Å². The van der Waals surface area contributed by atoms with Gasteiger partial charge in [0.1, 0.15) is 0 Å². The maximum atomic E-state index is 3.14. The van der Waals surface area contributed by atoms with E-state index < -0.39 is 0 Å². The Kier molecular flexibility index (Phi) is 14.2. The van der Waals surface area contributed by atoms with E-state index in [1.165, 1.54) is 0 Å². The highest BCUT2D eigenvalue weighted by Gasteiger charge is 1.97. The van der Waals surface area contributed by atoms with Gasteiger partial charge in [-0.05, 0) is 6.92 Å². The summed E-state index contributed by atoms with van der Waals surface area (Å²) in [4.78, 5) is 0. The normalized spacial score (nSPS) is 19.2. The van der Waals surface area contributed by atoms with Crippen LogP contribution in [0.15, 0.2) is 12.4 Å². The van der Waals surface area contributed by atoms with Crippen LogP contribution in [0.1, 0.15) is 34.6 Å². The van der Waals surface area contributed by atoms with Gasteiger partial charge in [-0.2, -0.15) is 0 Å². The van der Waals surface area contributed by atoms with Gasteiger partial charge in [0.05, 0.1) is 0 Å². The summed E-state index contributed by atoms with van der Waals surface area (Å²) in [5.74, 6) is 0. The first-order chi connectivity index (χ1) is 5.39. The molecular weight excluding hydrogens is 136 g/mol. The Balaban J connectivity index is 0. The van der Waals surface area contributed by atoms with Gasteiger partial charge in [-0.1, -0.05) is 27.7 Å². The molecule has 0 fully saturated rings. The topological polar surface area (TPSA) is 24.1 Å². The average molecular weight is 158 g/mol. The lowest BCUT2D eigenvalue weighted by Gasteiger charge is -2.15. The van der Waals surface area contributed by atoms with E-state index in [0.29, 0.717) is 6.04 Å². The summed E-state index contributed by atoms with van der Waals surface area (Å²) in [6, 6.07) is 0.588. The molecule has 1 rings (SSSR count). The highest BCUT2D eigenvalue weighted by molar-refractivity contribution is 4.86. The molecule has 0 aromatic rings. The van der Waals surface area contributed by atoms with Crippen molar-refractivity contribution in [1.29, 1.82) is 0 Å². The monoisotopic (exact) mass is 158 g/mol. The van der Waals surface area contributed by atoms with Crippen molar-refractivity contribution in [1.82, 2.24) is 10.6 Å². The maximum Gasteiger partial charge on any atom is 0.0400 e. The summed E-state index contributed by atoms with van der Waals surface area (Å²) in [5.41, 5.74) is 0. The zero-order chi connectivity index (χ0) is 9.11. The molecule has 1 heterocycles. The summed E-state index contributed by atoms with van der Waals surface area (Å²) in [6.07, 6.45) is 3.84. The Morgan fingerprint density at radius 1 is 1.09 bits per heavy atom. The van der Waals surface area contributed by atoms with Crippen LogP contribution in [0, 0.1) is 0 Å². The molecule has 0 amide bonds. The van der Waals surface area contributed by atoms with E-state index in [1.807, 2.05) is 40.1 Å². The second-order valence-electron chi connectivity index (χ2n) is 1.81. The fourth-order valence-corrected chi connectivity index (χ4v) is 0.575. The predicted octanol–water partition coefficient (Wildman–Crippen LogP) is 2.09. The molecule has 1 aliphatic heterocycles. The maximum absolute atomic E-state index is 3.14. The molecular formula is C9H22N2. The number of hydrogen-bond donors (Lipinski definition) is 2. The van der Waals surface area contributed by atoms with Crippen LogP contribution in [-0.2, 0) is 0 Å². The molecule has 0 bridgehead atoms. The Labute approximate surface area is 71.1 Å².